The van der Waals surface area contributed by atoms with Gasteiger partial charge in [-0.1, -0.05) is 37.3 Å². The van der Waals surface area contributed by atoms with Crippen molar-refractivity contribution in [2.24, 2.45) is 0 Å². The Bertz CT molecular complexity index is 655. The summed E-state index contributed by atoms with van der Waals surface area (Å²) in [4.78, 5) is 21.0. The predicted molar refractivity (Wildman–Crippen MR) is 99.6 cm³/mol. The molecule has 0 saturated carbocycles. The van der Waals surface area contributed by atoms with Crippen LogP contribution in [-0.4, -0.2) is 43.0 Å². The molecule has 24 heavy (non-hydrogen) atoms. The number of pyridine rings is 1. The summed E-state index contributed by atoms with van der Waals surface area (Å²) in [5, 5.41) is 0. The maximum Gasteiger partial charge on any atom is 0.272 e. The van der Waals surface area contributed by atoms with Crippen molar-refractivity contribution in [2.75, 3.05) is 32.1 Å². The Balaban J connectivity index is 2.18. The minimum absolute atomic E-state index is 0.00409. The molecule has 0 aliphatic heterocycles. The molecule has 1 aromatic carbocycles. The second-order valence-electron chi connectivity index (χ2n) is 6.15. The molecule has 2 rings (SSSR count). The van der Waals surface area contributed by atoms with E-state index in [0.29, 0.717) is 24.7 Å². The van der Waals surface area contributed by atoms with Crippen molar-refractivity contribution < 1.29 is 4.79 Å². The summed E-state index contributed by atoms with van der Waals surface area (Å²) in [5.74, 6) is 0.336. The van der Waals surface area contributed by atoms with Crippen molar-refractivity contribution in [3.05, 3.63) is 59.9 Å². The Kier molecular flexibility index (Phi) is 6.36. The third kappa shape index (κ3) is 4.34. The lowest BCUT2D eigenvalue weighted by Crippen LogP contribution is -2.35. The van der Waals surface area contributed by atoms with E-state index in [4.69, 9.17) is 0 Å². The third-order valence-corrected chi connectivity index (χ3v) is 4.35. The number of rotatable bonds is 7. The Labute approximate surface area is 145 Å². The Morgan fingerprint density at radius 1 is 1.12 bits per heavy atom. The molecular weight excluding hydrogens is 298 g/mol. The summed E-state index contributed by atoms with van der Waals surface area (Å²) in [5.41, 5.74) is 2.77. The number of hydrogen-bond donors (Lipinski definition) is 0. The molecule has 0 aliphatic rings. The van der Waals surface area contributed by atoms with Crippen LogP contribution in [0.5, 0.6) is 0 Å². The molecule has 0 bridgehead atoms. The van der Waals surface area contributed by atoms with Gasteiger partial charge in [-0.05, 0) is 31.0 Å². The normalized spacial score (nSPS) is 11.8. The van der Waals surface area contributed by atoms with Gasteiger partial charge in [0.25, 0.3) is 5.91 Å². The summed E-state index contributed by atoms with van der Waals surface area (Å²) >= 11 is 0. The molecule has 0 radical (unpaired) electrons. The predicted octanol–water partition coefficient (Wildman–Crippen LogP) is 3.80. The molecule has 0 saturated heterocycles. The molecule has 4 nitrogen and oxygen atoms in total. The lowest BCUT2D eigenvalue weighted by Gasteiger charge is -2.26. The number of benzene rings is 1. The number of anilines is 1. The zero-order valence-corrected chi connectivity index (χ0v) is 15.1. The van der Waals surface area contributed by atoms with E-state index in [1.54, 1.807) is 6.20 Å². The highest BCUT2D eigenvalue weighted by Gasteiger charge is 2.20. The summed E-state index contributed by atoms with van der Waals surface area (Å²) in [7, 11) is 3.92. The van der Waals surface area contributed by atoms with Crippen LogP contribution >= 0.6 is 0 Å². The first kappa shape index (κ1) is 18.0. The first-order valence-electron chi connectivity index (χ1n) is 8.54. The van der Waals surface area contributed by atoms with Crippen molar-refractivity contribution in [2.45, 2.75) is 26.2 Å². The van der Waals surface area contributed by atoms with Crippen LogP contribution in [0.2, 0.25) is 0 Å². The average molecular weight is 325 g/mol. The molecular formula is C20H27N3O. The van der Waals surface area contributed by atoms with Crippen LogP contribution in [0.4, 0.5) is 5.69 Å². The molecule has 4 heteroatoms. The fourth-order valence-electron chi connectivity index (χ4n) is 2.79. The zero-order valence-electron chi connectivity index (χ0n) is 15.1. The number of carbonyl (C=O) groups excluding carboxylic acids is 1. The molecule has 1 aromatic heterocycles. The summed E-state index contributed by atoms with van der Waals surface area (Å²) < 4.78 is 0. The Morgan fingerprint density at radius 2 is 1.83 bits per heavy atom. The topological polar surface area (TPSA) is 36.4 Å². The van der Waals surface area contributed by atoms with Gasteiger partial charge in [0.1, 0.15) is 5.69 Å². The van der Waals surface area contributed by atoms with Crippen LogP contribution in [0.1, 0.15) is 42.2 Å². The highest BCUT2D eigenvalue weighted by atomic mass is 16.2. The van der Waals surface area contributed by atoms with Gasteiger partial charge in [-0.2, -0.15) is 0 Å². The van der Waals surface area contributed by atoms with Crippen molar-refractivity contribution in [3.8, 4) is 0 Å². The van der Waals surface area contributed by atoms with E-state index in [1.807, 2.05) is 49.0 Å². The first-order chi connectivity index (χ1) is 11.6. The highest BCUT2D eigenvalue weighted by molar-refractivity contribution is 5.93. The van der Waals surface area contributed by atoms with Gasteiger partial charge in [-0.15, -0.1) is 0 Å². The van der Waals surface area contributed by atoms with E-state index in [1.165, 1.54) is 5.56 Å². The third-order valence-electron chi connectivity index (χ3n) is 4.35. The van der Waals surface area contributed by atoms with E-state index in [9.17, 15) is 4.79 Å². The second-order valence-corrected chi connectivity index (χ2v) is 6.15. The smallest absolute Gasteiger partial charge is 0.272 e. The van der Waals surface area contributed by atoms with Crippen LogP contribution in [0, 0.1) is 0 Å². The first-order valence-corrected chi connectivity index (χ1v) is 8.54. The second kappa shape index (κ2) is 8.48. The number of likely N-dealkylation sites (N-methyl/N-ethyl adjacent to an activating group) is 1. The molecule has 0 aliphatic carbocycles. The molecule has 1 atom stereocenters. The van der Waals surface area contributed by atoms with Gasteiger partial charge in [0.2, 0.25) is 0 Å². The molecule has 128 valence electrons. The number of amides is 1. The van der Waals surface area contributed by atoms with Gasteiger partial charge >= 0.3 is 0 Å². The van der Waals surface area contributed by atoms with Crippen molar-refractivity contribution >= 4 is 11.6 Å². The number of carbonyl (C=O) groups is 1. The van der Waals surface area contributed by atoms with Crippen LogP contribution in [0.3, 0.4) is 0 Å². The highest BCUT2D eigenvalue weighted by Crippen LogP contribution is 2.21. The fourth-order valence-corrected chi connectivity index (χ4v) is 2.79. The summed E-state index contributed by atoms with van der Waals surface area (Å²) in [6.07, 6.45) is 2.70. The van der Waals surface area contributed by atoms with Crippen LogP contribution < -0.4 is 4.90 Å². The number of nitrogens with zero attached hydrogens (tertiary/aromatic N) is 3. The van der Waals surface area contributed by atoms with Crippen LogP contribution in [0.25, 0.3) is 0 Å². The monoisotopic (exact) mass is 325 g/mol. The van der Waals surface area contributed by atoms with Gasteiger partial charge in [-0.25, -0.2) is 0 Å². The van der Waals surface area contributed by atoms with Crippen molar-refractivity contribution in [1.82, 2.24) is 9.88 Å². The molecule has 0 fully saturated rings. The summed E-state index contributed by atoms with van der Waals surface area (Å²) in [6.45, 7) is 5.58. The molecule has 1 unspecified atom stereocenters. The van der Waals surface area contributed by atoms with Gasteiger partial charge in [-0.3, -0.25) is 9.78 Å². The SMILES string of the molecule is CCC(CN(CC)C(=O)c1cc(N(C)C)ccn1)c1ccccc1. The molecule has 1 heterocycles. The van der Waals surface area contributed by atoms with E-state index in [-0.39, 0.29) is 5.91 Å². The minimum Gasteiger partial charge on any atom is -0.378 e. The van der Waals surface area contributed by atoms with Gasteiger partial charge < -0.3 is 9.80 Å². The minimum atomic E-state index is -0.00409. The van der Waals surface area contributed by atoms with E-state index >= 15 is 0 Å². The average Bonchev–Trinajstić information content (AvgIpc) is 2.63. The Morgan fingerprint density at radius 3 is 2.42 bits per heavy atom. The van der Waals surface area contributed by atoms with Gasteiger partial charge in [0, 0.05) is 45.0 Å². The molecule has 0 spiro atoms. The van der Waals surface area contributed by atoms with Crippen molar-refractivity contribution in [1.29, 1.82) is 0 Å². The van der Waals surface area contributed by atoms with Crippen LogP contribution in [-0.2, 0) is 0 Å². The molecule has 0 N–H and O–H groups in total. The lowest BCUT2D eigenvalue weighted by atomic mass is 9.96. The largest absolute Gasteiger partial charge is 0.378 e. The van der Waals surface area contributed by atoms with E-state index in [0.717, 1.165) is 12.1 Å². The standard InChI is InChI=1S/C20H27N3O/c1-5-16(17-10-8-7-9-11-17)15-23(6-2)20(24)19-14-18(22(3)4)12-13-21-19/h7-14,16H,5-6,15H2,1-4H3. The maximum absolute atomic E-state index is 12.9. The maximum atomic E-state index is 12.9. The van der Waals surface area contributed by atoms with E-state index < -0.39 is 0 Å². The van der Waals surface area contributed by atoms with Crippen LogP contribution in [0.15, 0.2) is 48.7 Å². The van der Waals surface area contributed by atoms with Gasteiger partial charge in [0.05, 0.1) is 0 Å². The summed E-state index contributed by atoms with van der Waals surface area (Å²) in [6, 6.07) is 14.2. The number of hydrogen-bond acceptors (Lipinski definition) is 3. The lowest BCUT2D eigenvalue weighted by molar-refractivity contribution is 0.0747. The molecule has 2 aromatic rings. The van der Waals surface area contributed by atoms with Crippen molar-refractivity contribution in [3.63, 3.8) is 0 Å². The Hall–Kier alpha value is -2.36. The molecule has 1 amide bonds. The fraction of sp³-hybridized carbons (Fsp3) is 0.400. The zero-order chi connectivity index (χ0) is 17.5. The quantitative estimate of drug-likeness (QED) is 0.777. The van der Waals surface area contributed by atoms with Gasteiger partial charge in [0.15, 0.2) is 0 Å². The van der Waals surface area contributed by atoms with E-state index in [2.05, 4.69) is 36.2 Å². The number of aromatic nitrogens is 1.